The molecule has 1 saturated heterocycles. The van der Waals surface area contributed by atoms with Crippen LogP contribution in [-0.2, 0) is 20.6 Å². The molecule has 174 valence electrons. The van der Waals surface area contributed by atoms with E-state index in [0.29, 0.717) is 37.4 Å². The number of nitrogens with one attached hydrogen (secondary N) is 1. The number of nitrogens with zero attached hydrogens (tertiary/aromatic N) is 1. The molecule has 2 aromatic rings. The molecule has 0 unspecified atom stereocenters. The number of amides is 1. The van der Waals surface area contributed by atoms with E-state index in [1.165, 1.54) is 4.31 Å². The smallest absolute Gasteiger partial charge is 0.223 e. The summed E-state index contributed by atoms with van der Waals surface area (Å²) in [6.45, 7) is 4.52. The molecule has 8 heteroatoms. The Morgan fingerprint density at radius 3 is 2.44 bits per heavy atom. The van der Waals surface area contributed by atoms with Crippen LogP contribution in [0.4, 0.5) is 0 Å². The van der Waals surface area contributed by atoms with Gasteiger partial charge in [0.05, 0.1) is 26.0 Å². The van der Waals surface area contributed by atoms with Crippen molar-refractivity contribution in [3.8, 4) is 11.5 Å². The molecule has 7 nitrogen and oxygen atoms in total. The molecule has 0 spiro atoms. The van der Waals surface area contributed by atoms with Crippen LogP contribution < -0.4 is 14.8 Å². The van der Waals surface area contributed by atoms with Gasteiger partial charge in [-0.05, 0) is 56.0 Å². The fraction of sp³-hybridized carbons (Fsp3) is 0.458. The first-order chi connectivity index (χ1) is 15.2. The zero-order valence-corrected chi connectivity index (χ0v) is 19.9. The zero-order chi connectivity index (χ0) is 23.3. The predicted octanol–water partition coefficient (Wildman–Crippen LogP) is 3.43. The standard InChI is InChI=1S/C24H32N2O5S/c1-17-7-5-6-8-20(17)16-32(28,29)26-13-11-19(12-14-26)24(27)25-18(2)22-15-21(30-3)9-10-23(22)31-4/h5-10,15,18-19H,11-14,16H2,1-4H3,(H,25,27)/t18-/m1/s1. The maximum absolute atomic E-state index is 12.9. The van der Waals surface area contributed by atoms with Gasteiger partial charge in [-0.3, -0.25) is 4.79 Å². The van der Waals surface area contributed by atoms with E-state index in [-0.39, 0.29) is 23.6 Å². The van der Waals surface area contributed by atoms with Gasteiger partial charge in [0.2, 0.25) is 15.9 Å². The largest absolute Gasteiger partial charge is 0.497 e. The molecular weight excluding hydrogens is 428 g/mol. The van der Waals surface area contributed by atoms with Gasteiger partial charge in [-0.25, -0.2) is 12.7 Å². The van der Waals surface area contributed by atoms with Gasteiger partial charge in [-0.15, -0.1) is 0 Å². The molecular formula is C24H32N2O5S. The van der Waals surface area contributed by atoms with Gasteiger partial charge >= 0.3 is 0 Å². The van der Waals surface area contributed by atoms with Crippen LogP contribution in [0.3, 0.4) is 0 Å². The first-order valence-electron chi connectivity index (χ1n) is 10.8. The van der Waals surface area contributed by atoms with Crippen molar-refractivity contribution in [3.63, 3.8) is 0 Å². The molecule has 1 N–H and O–H groups in total. The molecule has 0 aromatic heterocycles. The normalized spacial score (nSPS) is 16.4. The lowest BCUT2D eigenvalue weighted by atomic mass is 9.96. The molecule has 1 aliphatic heterocycles. The van der Waals surface area contributed by atoms with Crippen molar-refractivity contribution in [2.75, 3.05) is 27.3 Å². The third-order valence-electron chi connectivity index (χ3n) is 6.08. The van der Waals surface area contributed by atoms with E-state index in [1.807, 2.05) is 56.3 Å². The summed E-state index contributed by atoms with van der Waals surface area (Å²) in [7, 11) is -0.236. The Kier molecular flexibility index (Phi) is 7.79. The summed E-state index contributed by atoms with van der Waals surface area (Å²) in [4.78, 5) is 12.9. The van der Waals surface area contributed by atoms with Gasteiger partial charge in [0.15, 0.2) is 0 Å². The Morgan fingerprint density at radius 2 is 1.81 bits per heavy atom. The Bertz CT molecular complexity index is 1050. The van der Waals surface area contributed by atoms with E-state index in [2.05, 4.69) is 5.32 Å². The quantitative estimate of drug-likeness (QED) is 0.652. The summed E-state index contributed by atoms with van der Waals surface area (Å²) in [5, 5.41) is 3.05. The van der Waals surface area contributed by atoms with E-state index in [9.17, 15) is 13.2 Å². The van der Waals surface area contributed by atoms with Crippen LogP contribution in [0.25, 0.3) is 0 Å². The van der Waals surface area contributed by atoms with E-state index >= 15 is 0 Å². The number of benzene rings is 2. The molecule has 1 amide bonds. The van der Waals surface area contributed by atoms with E-state index in [1.54, 1.807) is 14.2 Å². The fourth-order valence-corrected chi connectivity index (χ4v) is 5.71. The van der Waals surface area contributed by atoms with Crippen molar-refractivity contribution in [1.29, 1.82) is 0 Å². The Morgan fingerprint density at radius 1 is 1.12 bits per heavy atom. The molecule has 0 aliphatic carbocycles. The average Bonchev–Trinajstić information content (AvgIpc) is 2.80. The highest BCUT2D eigenvalue weighted by atomic mass is 32.2. The minimum absolute atomic E-state index is 0.0107. The molecule has 3 rings (SSSR count). The summed E-state index contributed by atoms with van der Waals surface area (Å²) >= 11 is 0. The summed E-state index contributed by atoms with van der Waals surface area (Å²) in [6, 6.07) is 12.7. The van der Waals surface area contributed by atoms with Crippen molar-refractivity contribution in [1.82, 2.24) is 9.62 Å². The van der Waals surface area contributed by atoms with Gasteiger partial charge < -0.3 is 14.8 Å². The second kappa shape index (κ2) is 10.4. The molecule has 1 heterocycles. The summed E-state index contributed by atoms with van der Waals surface area (Å²) in [6.07, 6.45) is 1.00. The molecule has 32 heavy (non-hydrogen) atoms. The lowest BCUT2D eigenvalue weighted by molar-refractivity contribution is -0.126. The van der Waals surface area contributed by atoms with Crippen LogP contribution >= 0.6 is 0 Å². The number of hydrogen-bond acceptors (Lipinski definition) is 5. The van der Waals surface area contributed by atoms with Crippen LogP contribution in [-0.4, -0.2) is 45.9 Å². The molecule has 1 atom stereocenters. The van der Waals surface area contributed by atoms with Crippen LogP contribution in [0.2, 0.25) is 0 Å². The lowest BCUT2D eigenvalue weighted by Gasteiger charge is -2.31. The Labute approximate surface area is 190 Å². The number of carbonyl (C=O) groups excluding carboxylic acids is 1. The van der Waals surface area contributed by atoms with E-state index in [4.69, 9.17) is 9.47 Å². The third kappa shape index (κ3) is 5.61. The van der Waals surface area contributed by atoms with Gasteiger partial charge in [0.25, 0.3) is 0 Å². The van der Waals surface area contributed by atoms with Gasteiger partial charge in [0, 0.05) is 24.6 Å². The summed E-state index contributed by atoms with van der Waals surface area (Å²) in [5.74, 6) is 1.06. The van der Waals surface area contributed by atoms with Crippen molar-refractivity contribution >= 4 is 15.9 Å². The molecule has 0 radical (unpaired) electrons. The average molecular weight is 461 g/mol. The maximum atomic E-state index is 12.9. The maximum Gasteiger partial charge on any atom is 0.223 e. The van der Waals surface area contributed by atoms with Crippen molar-refractivity contribution in [2.24, 2.45) is 5.92 Å². The highest BCUT2D eigenvalue weighted by Gasteiger charge is 2.32. The SMILES string of the molecule is COc1ccc(OC)c([C@@H](C)NC(=O)C2CCN(S(=O)(=O)Cc3ccccc3C)CC2)c1. The van der Waals surface area contributed by atoms with Crippen LogP contribution in [0.1, 0.15) is 42.5 Å². The lowest BCUT2D eigenvalue weighted by Crippen LogP contribution is -2.43. The number of hydrogen-bond donors (Lipinski definition) is 1. The topological polar surface area (TPSA) is 84.9 Å². The summed E-state index contributed by atoms with van der Waals surface area (Å²) < 4.78 is 38.0. The van der Waals surface area contributed by atoms with Crippen LogP contribution in [0.15, 0.2) is 42.5 Å². The number of carbonyl (C=O) groups is 1. The van der Waals surface area contributed by atoms with Gasteiger partial charge in [-0.2, -0.15) is 0 Å². The molecule has 0 saturated carbocycles. The van der Waals surface area contributed by atoms with Crippen LogP contribution in [0, 0.1) is 12.8 Å². The van der Waals surface area contributed by atoms with Crippen molar-refractivity contribution in [3.05, 3.63) is 59.2 Å². The molecule has 1 aliphatic rings. The van der Waals surface area contributed by atoms with E-state index < -0.39 is 10.0 Å². The predicted molar refractivity (Wildman–Crippen MR) is 124 cm³/mol. The molecule has 0 bridgehead atoms. The number of rotatable bonds is 8. The number of ether oxygens (including phenoxy) is 2. The minimum Gasteiger partial charge on any atom is -0.497 e. The van der Waals surface area contributed by atoms with Crippen molar-refractivity contribution in [2.45, 2.75) is 38.5 Å². The Balaban J connectivity index is 1.59. The molecule has 1 fully saturated rings. The van der Waals surface area contributed by atoms with E-state index in [0.717, 1.165) is 16.7 Å². The fourth-order valence-electron chi connectivity index (χ4n) is 4.04. The number of sulfonamides is 1. The first-order valence-corrected chi connectivity index (χ1v) is 12.4. The number of aryl methyl sites for hydroxylation is 1. The second-order valence-electron chi connectivity index (χ2n) is 8.19. The van der Waals surface area contributed by atoms with Gasteiger partial charge in [-0.1, -0.05) is 24.3 Å². The highest BCUT2D eigenvalue weighted by Crippen LogP contribution is 2.30. The third-order valence-corrected chi connectivity index (χ3v) is 7.91. The summed E-state index contributed by atoms with van der Waals surface area (Å²) in [5.41, 5.74) is 2.61. The number of piperidine rings is 1. The minimum atomic E-state index is -3.42. The van der Waals surface area contributed by atoms with Crippen LogP contribution in [0.5, 0.6) is 11.5 Å². The molecule has 2 aromatic carbocycles. The van der Waals surface area contributed by atoms with Crippen molar-refractivity contribution < 1.29 is 22.7 Å². The first kappa shape index (κ1) is 24.1. The monoisotopic (exact) mass is 460 g/mol. The second-order valence-corrected chi connectivity index (χ2v) is 10.2. The van der Waals surface area contributed by atoms with Gasteiger partial charge in [0.1, 0.15) is 11.5 Å². The number of methoxy groups -OCH3 is 2. The zero-order valence-electron chi connectivity index (χ0n) is 19.1. The Hall–Kier alpha value is -2.58. The highest BCUT2D eigenvalue weighted by molar-refractivity contribution is 7.88.